The van der Waals surface area contributed by atoms with Gasteiger partial charge in [-0.3, -0.25) is 4.98 Å². The summed E-state index contributed by atoms with van der Waals surface area (Å²) < 4.78 is 0. The lowest BCUT2D eigenvalue weighted by atomic mass is 9.97. The van der Waals surface area contributed by atoms with Crippen LogP contribution in [0.15, 0.2) is 24.5 Å². The lowest BCUT2D eigenvalue weighted by Crippen LogP contribution is -2.34. The summed E-state index contributed by atoms with van der Waals surface area (Å²) >= 11 is 0. The molecule has 2 heteroatoms. The minimum atomic E-state index is 0.451. The standard InChI is InChI=1S/C14H24N2/c1-5-11(3)12(4)16-14(6-2)13-7-9-15-10-8-13/h7-12,14,16H,5-6H2,1-4H3. The zero-order valence-corrected chi connectivity index (χ0v) is 10.9. The molecular weight excluding hydrogens is 196 g/mol. The first-order valence-electron chi connectivity index (χ1n) is 6.35. The van der Waals surface area contributed by atoms with Crippen LogP contribution in [-0.4, -0.2) is 11.0 Å². The highest BCUT2D eigenvalue weighted by molar-refractivity contribution is 5.14. The summed E-state index contributed by atoms with van der Waals surface area (Å²) in [4.78, 5) is 4.06. The average Bonchev–Trinajstić information content (AvgIpc) is 2.35. The van der Waals surface area contributed by atoms with Crippen LogP contribution >= 0.6 is 0 Å². The minimum absolute atomic E-state index is 0.451. The Hall–Kier alpha value is -0.890. The molecule has 0 aliphatic rings. The third kappa shape index (κ3) is 3.60. The largest absolute Gasteiger partial charge is 0.307 e. The molecule has 1 rings (SSSR count). The lowest BCUT2D eigenvalue weighted by molar-refractivity contribution is 0.345. The van der Waals surface area contributed by atoms with Crippen LogP contribution in [0, 0.1) is 5.92 Å². The number of pyridine rings is 1. The summed E-state index contributed by atoms with van der Waals surface area (Å²) in [5.74, 6) is 0.718. The molecule has 0 fully saturated rings. The van der Waals surface area contributed by atoms with Crippen molar-refractivity contribution < 1.29 is 0 Å². The first-order valence-corrected chi connectivity index (χ1v) is 6.35. The Morgan fingerprint density at radius 3 is 2.25 bits per heavy atom. The fraction of sp³-hybridized carbons (Fsp3) is 0.643. The van der Waals surface area contributed by atoms with Gasteiger partial charge in [0.25, 0.3) is 0 Å². The highest BCUT2D eigenvalue weighted by atomic mass is 14.9. The van der Waals surface area contributed by atoms with Crippen LogP contribution in [0.25, 0.3) is 0 Å². The molecule has 1 aromatic rings. The molecule has 3 atom stereocenters. The van der Waals surface area contributed by atoms with E-state index in [9.17, 15) is 0 Å². The second-order valence-corrected chi connectivity index (χ2v) is 4.58. The Balaban J connectivity index is 2.62. The third-order valence-electron chi connectivity index (χ3n) is 3.48. The first kappa shape index (κ1) is 13.2. The van der Waals surface area contributed by atoms with Crippen LogP contribution in [0.1, 0.15) is 52.1 Å². The maximum absolute atomic E-state index is 4.06. The van der Waals surface area contributed by atoms with Crippen molar-refractivity contribution in [2.75, 3.05) is 0 Å². The van der Waals surface area contributed by atoms with E-state index in [1.165, 1.54) is 12.0 Å². The molecule has 2 nitrogen and oxygen atoms in total. The lowest BCUT2D eigenvalue weighted by Gasteiger charge is -2.26. The zero-order valence-electron chi connectivity index (χ0n) is 10.9. The van der Waals surface area contributed by atoms with Crippen LogP contribution in [0.4, 0.5) is 0 Å². The molecule has 0 spiro atoms. The average molecular weight is 220 g/mol. The Kier molecular flexibility index (Phi) is 5.47. The molecule has 1 aromatic heterocycles. The topological polar surface area (TPSA) is 24.9 Å². The fourth-order valence-corrected chi connectivity index (χ4v) is 1.88. The molecule has 1 heterocycles. The zero-order chi connectivity index (χ0) is 12.0. The van der Waals surface area contributed by atoms with Crippen LogP contribution in [0.3, 0.4) is 0 Å². The van der Waals surface area contributed by atoms with E-state index < -0.39 is 0 Å². The number of rotatable bonds is 6. The Morgan fingerprint density at radius 2 is 1.75 bits per heavy atom. The maximum Gasteiger partial charge on any atom is 0.0321 e. The molecule has 0 bridgehead atoms. The molecule has 0 saturated carbocycles. The van der Waals surface area contributed by atoms with E-state index >= 15 is 0 Å². The summed E-state index contributed by atoms with van der Waals surface area (Å²) in [5, 5.41) is 3.71. The van der Waals surface area contributed by atoms with Gasteiger partial charge in [0.1, 0.15) is 0 Å². The third-order valence-corrected chi connectivity index (χ3v) is 3.48. The van der Waals surface area contributed by atoms with Gasteiger partial charge in [0.05, 0.1) is 0 Å². The van der Waals surface area contributed by atoms with Crippen molar-refractivity contribution >= 4 is 0 Å². The van der Waals surface area contributed by atoms with Gasteiger partial charge in [-0.25, -0.2) is 0 Å². The Morgan fingerprint density at radius 1 is 1.12 bits per heavy atom. The second kappa shape index (κ2) is 6.64. The number of hydrogen-bond acceptors (Lipinski definition) is 2. The van der Waals surface area contributed by atoms with Crippen LogP contribution in [-0.2, 0) is 0 Å². The van der Waals surface area contributed by atoms with E-state index in [4.69, 9.17) is 0 Å². The van der Waals surface area contributed by atoms with Crippen molar-refractivity contribution in [1.29, 1.82) is 0 Å². The van der Waals surface area contributed by atoms with Crippen molar-refractivity contribution in [3.05, 3.63) is 30.1 Å². The molecule has 0 saturated heterocycles. The molecule has 0 aliphatic heterocycles. The first-order chi connectivity index (χ1) is 7.69. The predicted octanol–water partition coefficient (Wildman–Crippen LogP) is 3.56. The molecule has 0 amide bonds. The molecule has 1 N–H and O–H groups in total. The van der Waals surface area contributed by atoms with Crippen LogP contribution in [0.2, 0.25) is 0 Å². The molecule has 0 radical (unpaired) electrons. The smallest absolute Gasteiger partial charge is 0.0321 e. The van der Waals surface area contributed by atoms with E-state index in [0.29, 0.717) is 12.1 Å². The van der Waals surface area contributed by atoms with Crippen molar-refractivity contribution in [2.45, 2.75) is 52.6 Å². The van der Waals surface area contributed by atoms with Crippen molar-refractivity contribution in [2.24, 2.45) is 5.92 Å². The van der Waals surface area contributed by atoms with Gasteiger partial charge in [0, 0.05) is 24.5 Å². The fourth-order valence-electron chi connectivity index (χ4n) is 1.88. The molecule has 3 unspecified atom stereocenters. The summed E-state index contributed by atoms with van der Waals surface area (Å²) in [7, 11) is 0. The van der Waals surface area contributed by atoms with Gasteiger partial charge in [-0.2, -0.15) is 0 Å². The highest BCUT2D eigenvalue weighted by Crippen LogP contribution is 2.18. The van der Waals surface area contributed by atoms with E-state index in [1.54, 1.807) is 0 Å². The van der Waals surface area contributed by atoms with Crippen molar-refractivity contribution in [1.82, 2.24) is 10.3 Å². The van der Waals surface area contributed by atoms with E-state index in [-0.39, 0.29) is 0 Å². The predicted molar refractivity (Wildman–Crippen MR) is 69.3 cm³/mol. The SMILES string of the molecule is CCC(NC(C)C(C)CC)c1ccncc1. The van der Waals surface area contributed by atoms with E-state index in [1.807, 2.05) is 12.4 Å². The molecule has 0 aliphatic carbocycles. The van der Waals surface area contributed by atoms with Gasteiger partial charge >= 0.3 is 0 Å². The van der Waals surface area contributed by atoms with Gasteiger partial charge in [0.2, 0.25) is 0 Å². The van der Waals surface area contributed by atoms with E-state index in [0.717, 1.165) is 12.3 Å². The molecule has 16 heavy (non-hydrogen) atoms. The van der Waals surface area contributed by atoms with Crippen LogP contribution < -0.4 is 5.32 Å². The summed E-state index contributed by atoms with van der Waals surface area (Å²) in [6.07, 6.45) is 6.08. The minimum Gasteiger partial charge on any atom is -0.307 e. The molecule has 0 aromatic carbocycles. The van der Waals surface area contributed by atoms with Crippen molar-refractivity contribution in [3.63, 3.8) is 0 Å². The van der Waals surface area contributed by atoms with Gasteiger partial charge < -0.3 is 5.32 Å². The van der Waals surface area contributed by atoms with Gasteiger partial charge in [0.15, 0.2) is 0 Å². The van der Waals surface area contributed by atoms with Gasteiger partial charge in [-0.05, 0) is 37.0 Å². The van der Waals surface area contributed by atoms with Gasteiger partial charge in [-0.1, -0.05) is 27.2 Å². The molecular formula is C14H24N2. The monoisotopic (exact) mass is 220 g/mol. The summed E-state index contributed by atoms with van der Waals surface area (Å²) in [6.45, 7) is 9.05. The summed E-state index contributed by atoms with van der Waals surface area (Å²) in [6, 6.07) is 5.21. The van der Waals surface area contributed by atoms with Crippen LogP contribution in [0.5, 0.6) is 0 Å². The quantitative estimate of drug-likeness (QED) is 0.793. The normalized spacial score (nSPS) is 16.8. The van der Waals surface area contributed by atoms with Crippen molar-refractivity contribution in [3.8, 4) is 0 Å². The Bertz CT molecular complexity index is 284. The Labute approximate surface area is 99.5 Å². The molecule has 90 valence electrons. The number of aromatic nitrogens is 1. The number of hydrogen-bond donors (Lipinski definition) is 1. The highest BCUT2D eigenvalue weighted by Gasteiger charge is 2.15. The number of nitrogens with one attached hydrogen (secondary N) is 1. The second-order valence-electron chi connectivity index (χ2n) is 4.58. The maximum atomic E-state index is 4.06. The number of nitrogens with zero attached hydrogens (tertiary/aromatic N) is 1. The van der Waals surface area contributed by atoms with E-state index in [2.05, 4.69) is 50.1 Å². The summed E-state index contributed by atoms with van der Waals surface area (Å²) in [5.41, 5.74) is 1.34. The van der Waals surface area contributed by atoms with Gasteiger partial charge in [-0.15, -0.1) is 0 Å².